The van der Waals surface area contributed by atoms with Gasteiger partial charge in [-0.1, -0.05) is 11.6 Å². The van der Waals surface area contributed by atoms with Gasteiger partial charge in [0.15, 0.2) is 11.5 Å². The van der Waals surface area contributed by atoms with E-state index < -0.39 is 0 Å². The van der Waals surface area contributed by atoms with Crippen molar-refractivity contribution in [2.75, 3.05) is 19.5 Å². The molecule has 0 amide bonds. The summed E-state index contributed by atoms with van der Waals surface area (Å²) in [7, 11) is 3.12. The number of nitrogens with one attached hydrogen (secondary N) is 1. The van der Waals surface area contributed by atoms with Crippen LogP contribution in [0, 0.1) is 0 Å². The largest absolute Gasteiger partial charge is 0.493 e. The summed E-state index contributed by atoms with van der Waals surface area (Å²) in [4.78, 5) is 0. The zero-order chi connectivity index (χ0) is 14.5. The molecule has 1 heterocycles. The van der Waals surface area contributed by atoms with Gasteiger partial charge in [-0.2, -0.15) is 0 Å². The van der Waals surface area contributed by atoms with Crippen LogP contribution in [0.5, 0.6) is 11.5 Å². The second kappa shape index (κ2) is 6.54. The molecule has 0 aliphatic rings. The van der Waals surface area contributed by atoms with Crippen LogP contribution in [0.4, 0.5) is 5.69 Å². The summed E-state index contributed by atoms with van der Waals surface area (Å²) in [5.41, 5.74) is 0.714. The molecular weight excluding hydrogens is 282 g/mol. The Balaban J connectivity index is 2.12. The quantitative estimate of drug-likeness (QED) is 0.858. The number of aliphatic hydroxyl groups excluding tert-OH is 1. The molecule has 1 aromatic heterocycles. The molecule has 0 saturated heterocycles. The molecule has 1 aromatic carbocycles. The minimum absolute atomic E-state index is 0.114. The maximum atomic E-state index is 8.94. The zero-order valence-electron chi connectivity index (χ0n) is 11.3. The third-order valence-corrected chi connectivity index (χ3v) is 3.11. The Hall–Kier alpha value is -1.85. The molecule has 5 nitrogen and oxygen atoms in total. The van der Waals surface area contributed by atoms with Gasteiger partial charge in [0.25, 0.3) is 0 Å². The number of halogens is 1. The van der Waals surface area contributed by atoms with E-state index in [-0.39, 0.29) is 6.61 Å². The van der Waals surface area contributed by atoms with E-state index in [0.717, 1.165) is 0 Å². The third-order valence-electron chi connectivity index (χ3n) is 2.80. The number of anilines is 1. The topological polar surface area (TPSA) is 63.9 Å². The molecule has 108 valence electrons. The minimum atomic E-state index is -0.114. The molecule has 6 heteroatoms. The van der Waals surface area contributed by atoms with Crippen molar-refractivity contribution < 1.29 is 19.0 Å². The third kappa shape index (κ3) is 3.18. The molecular formula is C14H16ClNO4. The lowest BCUT2D eigenvalue weighted by Crippen LogP contribution is -2.00. The van der Waals surface area contributed by atoms with Gasteiger partial charge in [0, 0.05) is 12.1 Å². The number of ether oxygens (including phenoxy) is 2. The highest BCUT2D eigenvalue weighted by atomic mass is 35.5. The van der Waals surface area contributed by atoms with E-state index in [0.29, 0.717) is 40.3 Å². The molecule has 0 saturated carbocycles. The molecule has 2 aromatic rings. The van der Waals surface area contributed by atoms with Crippen LogP contribution >= 0.6 is 11.6 Å². The number of benzene rings is 1. The molecule has 0 unspecified atom stereocenters. The fraction of sp³-hybridized carbons (Fsp3) is 0.286. The maximum absolute atomic E-state index is 8.94. The fourth-order valence-electron chi connectivity index (χ4n) is 1.77. The molecule has 0 atom stereocenters. The van der Waals surface area contributed by atoms with Crippen molar-refractivity contribution in [1.29, 1.82) is 0 Å². The van der Waals surface area contributed by atoms with Crippen molar-refractivity contribution in [1.82, 2.24) is 0 Å². The molecule has 0 bridgehead atoms. The lowest BCUT2D eigenvalue weighted by molar-refractivity contribution is 0.244. The van der Waals surface area contributed by atoms with Gasteiger partial charge in [0.1, 0.15) is 18.1 Å². The van der Waals surface area contributed by atoms with E-state index in [9.17, 15) is 0 Å². The normalized spacial score (nSPS) is 10.4. The van der Waals surface area contributed by atoms with E-state index in [1.807, 2.05) is 0 Å². The first-order valence-electron chi connectivity index (χ1n) is 6.01. The Kier molecular flexibility index (Phi) is 4.76. The summed E-state index contributed by atoms with van der Waals surface area (Å²) in [6, 6.07) is 6.97. The zero-order valence-corrected chi connectivity index (χ0v) is 12.0. The summed E-state index contributed by atoms with van der Waals surface area (Å²) in [5.74, 6) is 2.40. The number of methoxy groups -OCH3 is 2. The lowest BCUT2D eigenvalue weighted by atomic mass is 10.2. The molecule has 0 fully saturated rings. The van der Waals surface area contributed by atoms with Crippen molar-refractivity contribution in [3.8, 4) is 11.5 Å². The maximum Gasteiger partial charge on any atom is 0.162 e. The van der Waals surface area contributed by atoms with Gasteiger partial charge in [-0.25, -0.2) is 0 Å². The van der Waals surface area contributed by atoms with Gasteiger partial charge in [-0.15, -0.1) is 0 Å². The van der Waals surface area contributed by atoms with Crippen LogP contribution < -0.4 is 14.8 Å². The highest BCUT2D eigenvalue weighted by molar-refractivity contribution is 6.33. The second-order valence-electron chi connectivity index (χ2n) is 4.07. The highest BCUT2D eigenvalue weighted by Gasteiger charge is 2.10. The Labute approximate surface area is 122 Å². The van der Waals surface area contributed by atoms with Crippen LogP contribution in [-0.4, -0.2) is 19.3 Å². The Morgan fingerprint density at radius 3 is 2.40 bits per heavy atom. The molecule has 0 radical (unpaired) electrons. The first kappa shape index (κ1) is 14.6. The number of hydrogen-bond acceptors (Lipinski definition) is 5. The summed E-state index contributed by atoms with van der Waals surface area (Å²) in [5, 5.41) is 12.6. The molecule has 2 rings (SSSR count). The smallest absolute Gasteiger partial charge is 0.162 e. The van der Waals surface area contributed by atoms with Crippen LogP contribution in [-0.2, 0) is 13.2 Å². The SMILES string of the molecule is COc1cc(Cl)c(NCc2ccc(CO)o2)cc1OC. The molecule has 0 aliphatic carbocycles. The Morgan fingerprint density at radius 2 is 1.80 bits per heavy atom. The fourth-order valence-corrected chi connectivity index (χ4v) is 1.99. The van der Waals surface area contributed by atoms with Gasteiger partial charge in [-0.3, -0.25) is 0 Å². The number of rotatable bonds is 6. The highest BCUT2D eigenvalue weighted by Crippen LogP contribution is 2.36. The average Bonchev–Trinajstić information content (AvgIpc) is 2.93. The van der Waals surface area contributed by atoms with Crippen LogP contribution in [0.2, 0.25) is 5.02 Å². The van der Waals surface area contributed by atoms with Crippen molar-refractivity contribution >= 4 is 17.3 Å². The van der Waals surface area contributed by atoms with Gasteiger partial charge < -0.3 is 24.3 Å². The van der Waals surface area contributed by atoms with Crippen molar-refractivity contribution in [2.24, 2.45) is 0 Å². The first-order valence-corrected chi connectivity index (χ1v) is 6.39. The number of furan rings is 1. The molecule has 0 aliphatic heterocycles. The summed E-state index contributed by atoms with van der Waals surface area (Å²) < 4.78 is 15.8. The number of hydrogen-bond donors (Lipinski definition) is 2. The van der Waals surface area contributed by atoms with E-state index in [4.69, 9.17) is 30.6 Å². The second-order valence-corrected chi connectivity index (χ2v) is 4.47. The van der Waals surface area contributed by atoms with Crippen molar-refractivity contribution in [3.05, 3.63) is 40.8 Å². The van der Waals surface area contributed by atoms with Gasteiger partial charge >= 0.3 is 0 Å². The Bertz CT molecular complexity index is 583. The van der Waals surface area contributed by atoms with Crippen molar-refractivity contribution in [3.63, 3.8) is 0 Å². The van der Waals surface area contributed by atoms with Crippen LogP contribution in [0.15, 0.2) is 28.7 Å². The predicted octanol–water partition coefficient (Wildman–Crippen LogP) is 3.05. The van der Waals surface area contributed by atoms with Gasteiger partial charge in [0.2, 0.25) is 0 Å². The van der Waals surface area contributed by atoms with Crippen LogP contribution in [0.25, 0.3) is 0 Å². The van der Waals surface area contributed by atoms with Gasteiger partial charge in [-0.05, 0) is 12.1 Å². The first-order chi connectivity index (χ1) is 9.67. The van der Waals surface area contributed by atoms with E-state index in [2.05, 4.69) is 5.32 Å². The van der Waals surface area contributed by atoms with Gasteiger partial charge in [0.05, 0.1) is 31.5 Å². The Morgan fingerprint density at radius 1 is 1.15 bits per heavy atom. The van der Waals surface area contributed by atoms with Crippen LogP contribution in [0.3, 0.4) is 0 Å². The predicted molar refractivity (Wildman–Crippen MR) is 76.5 cm³/mol. The monoisotopic (exact) mass is 297 g/mol. The molecule has 0 spiro atoms. The average molecular weight is 298 g/mol. The molecule has 2 N–H and O–H groups in total. The number of aliphatic hydroxyl groups is 1. The standard InChI is InChI=1S/C14H16ClNO4/c1-18-13-5-11(15)12(6-14(13)19-2)16-7-9-3-4-10(8-17)20-9/h3-6,16-17H,7-8H2,1-2H3. The summed E-state index contributed by atoms with van der Waals surface area (Å²) in [6.45, 7) is 0.340. The van der Waals surface area contributed by atoms with Crippen LogP contribution in [0.1, 0.15) is 11.5 Å². The van der Waals surface area contributed by atoms with E-state index in [1.165, 1.54) is 0 Å². The van der Waals surface area contributed by atoms with E-state index in [1.54, 1.807) is 38.5 Å². The molecule has 20 heavy (non-hydrogen) atoms. The van der Waals surface area contributed by atoms with Crippen molar-refractivity contribution in [2.45, 2.75) is 13.2 Å². The lowest BCUT2D eigenvalue weighted by Gasteiger charge is -2.12. The summed E-state index contributed by atoms with van der Waals surface area (Å²) >= 11 is 6.17. The van der Waals surface area contributed by atoms with E-state index >= 15 is 0 Å². The summed E-state index contributed by atoms with van der Waals surface area (Å²) in [6.07, 6.45) is 0. The minimum Gasteiger partial charge on any atom is -0.493 e.